The van der Waals surface area contributed by atoms with Crippen LogP contribution in [-0.2, 0) is 0 Å². The minimum atomic E-state index is 0.192. The molecule has 3 aliphatic rings. The highest BCUT2D eigenvalue weighted by Gasteiger charge is 2.57. The van der Waals surface area contributed by atoms with Crippen LogP contribution in [0.15, 0.2) is 24.3 Å². The monoisotopic (exact) mass is 337 g/mol. The predicted molar refractivity (Wildman–Crippen MR) is 99.8 cm³/mol. The number of nitrogens with one attached hydrogen (secondary N) is 2. The number of aromatic nitrogens is 1. The van der Waals surface area contributed by atoms with Crippen LogP contribution in [0.5, 0.6) is 0 Å². The number of rotatable bonds is 1. The smallest absolute Gasteiger partial charge is 0.270 e. The van der Waals surface area contributed by atoms with Gasteiger partial charge in [-0.25, -0.2) is 0 Å². The molecule has 25 heavy (non-hydrogen) atoms. The first-order valence-corrected chi connectivity index (χ1v) is 9.72. The van der Waals surface area contributed by atoms with Crippen molar-refractivity contribution in [2.45, 2.75) is 64.1 Å². The largest absolute Gasteiger partial charge is 0.351 e. The maximum absolute atomic E-state index is 13.5. The lowest BCUT2D eigenvalue weighted by atomic mass is 9.72. The molecule has 1 aromatic carbocycles. The molecule has 1 saturated carbocycles. The van der Waals surface area contributed by atoms with Crippen molar-refractivity contribution in [1.82, 2.24) is 15.2 Å². The Hall–Kier alpha value is -1.81. The zero-order valence-corrected chi connectivity index (χ0v) is 15.1. The van der Waals surface area contributed by atoms with E-state index in [9.17, 15) is 4.79 Å². The Balaban J connectivity index is 1.54. The van der Waals surface area contributed by atoms with Crippen LogP contribution in [0, 0.1) is 12.3 Å². The molecule has 4 nitrogen and oxygen atoms in total. The van der Waals surface area contributed by atoms with Crippen molar-refractivity contribution in [1.29, 1.82) is 0 Å². The Kier molecular flexibility index (Phi) is 3.30. The van der Waals surface area contributed by atoms with Gasteiger partial charge in [0, 0.05) is 41.0 Å². The van der Waals surface area contributed by atoms with Gasteiger partial charge in [-0.05, 0) is 43.9 Å². The number of H-pyrrole nitrogens is 1. The van der Waals surface area contributed by atoms with E-state index in [4.69, 9.17) is 0 Å². The molecule has 2 saturated heterocycles. The van der Waals surface area contributed by atoms with Crippen molar-refractivity contribution in [3.8, 4) is 0 Å². The number of piperidine rings is 1. The Morgan fingerprint density at radius 2 is 2.08 bits per heavy atom. The van der Waals surface area contributed by atoms with Gasteiger partial charge >= 0.3 is 0 Å². The lowest BCUT2D eigenvalue weighted by molar-refractivity contribution is 0.0624. The summed E-state index contributed by atoms with van der Waals surface area (Å²) in [6.07, 6.45) is 6.08. The Bertz CT molecular complexity index is 841. The molecule has 3 fully saturated rings. The van der Waals surface area contributed by atoms with Gasteiger partial charge in [0.05, 0.1) is 0 Å². The molecule has 2 bridgehead atoms. The molecule has 1 aromatic heterocycles. The van der Waals surface area contributed by atoms with Gasteiger partial charge in [-0.3, -0.25) is 4.79 Å². The second kappa shape index (κ2) is 5.34. The van der Waals surface area contributed by atoms with E-state index in [1.165, 1.54) is 24.8 Å². The molecule has 5 rings (SSSR count). The van der Waals surface area contributed by atoms with E-state index in [1.54, 1.807) is 0 Å². The molecule has 0 unspecified atom stereocenters. The molecule has 2 aromatic rings. The number of aryl methyl sites for hydroxylation is 1. The number of fused-ring (bicyclic) bond motifs is 2. The highest BCUT2D eigenvalue weighted by atomic mass is 16.2. The summed E-state index contributed by atoms with van der Waals surface area (Å²) in [5.41, 5.74) is 3.26. The highest BCUT2D eigenvalue weighted by Crippen LogP contribution is 2.50. The molecule has 4 atom stereocenters. The minimum absolute atomic E-state index is 0.192. The molecule has 1 amide bonds. The number of benzene rings is 1. The van der Waals surface area contributed by atoms with Gasteiger partial charge in [0.1, 0.15) is 5.69 Å². The summed E-state index contributed by atoms with van der Waals surface area (Å²) in [6, 6.07) is 9.64. The number of likely N-dealkylation sites (tertiary alicyclic amines) is 1. The number of carbonyl (C=O) groups excluding carboxylic acids is 1. The summed E-state index contributed by atoms with van der Waals surface area (Å²) < 4.78 is 0. The number of carbonyl (C=O) groups is 1. The Labute approximate surface area is 149 Å². The molecule has 0 spiro atoms. The zero-order valence-electron chi connectivity index (χ0n) is 15.1. The normalized spacial score (nSPS) is 34.3. The zero-order chi connectivity index (χ0) is 17.2. The Morgan fingerprint density at radius 3 is 2.96 bits per heavy atom. The van der Waals surface area contributed by atoms with Gasteiger partial charge in [0.15, 0.2) is 0 Å². The number of nitrogens with zero attached hydrogens (tertiary/aromatic N) is 1. The fourth-order valence-corrected chi connectivity index (χ4v) is 5.76. The predicted octanol–water partition coefficient (Wildman–Crippen LogP) is 3.61. The second-order valence-electron chi connectivity index (χ2n) is 8.61. The average molecular weight is 337 g/mol. The van der Waals surface area contributed by atoms with Crippen molar-refractivity contribution >= 4 is 16.8 Å². The number of hydrogen-bond acceptors (Lipinski definition) is 2. The van der Waals surface area contributed by atoms with E-state index in [-0.39, 0.29) is 11.3 Å². The van der Waals surface area contributed by atoms with E-state index in [0.717, 1.165) is 36.0 Å². The SMILES string of the molecule is Cc1ccc2cc(C(=O)N3[C@@H]4CN[C@@H]5CCCC[C@H]3[C@]5(C)C4)[nH]c2c1. The third-order valence-electron chi connectivity index (χ3n) is 7.03. The summed E-state index contributed by atoms with van der Waals surface area (Å²) in [6.45, 7) is 5.44. The van der Waals surface area contributed by atoms with Gasteiger partial charge in [-0.15, -0.1) is 0 Å². The number of amides is 1. The summed E-state index contributed by atoms with van der Waals surface area (Å²) in [5, 5.41) is 4.88. The van der Waals surface area contributed by atoms with Crippen molar-refractivity contribution in [3.63, 3.8) is 0 Å². The lowest BCUT2D eigenvalue weighted by Crippen LogP contribution is -2.51. The summed E-state index contributed by atoms with van der Waals surface area (Å²) in [4.78, 5) is 19.1. The van der Waals surface area contributed by atoms with Crippen molar-refractivity contribution in [2.75, 3.05) is 6.54 Å². The van der Waals surface area contributed by atoms with Gasteiger partial charge < -0.3 is 15.2 Å². The van der Waals surface area contributed by atoms with E-state index >= 15 is 0 Å². The third kappa shape index (κ3) is 2.20. The molecule has 3 heterocycles. The lowest BCUT2D eigenvalue weighted by Gasteiger charge is -2.39. The van der Waals surface area contributed by atoms with Gasteiger partial charge in [0.2, 0.25) is 0 Å². The third-order valence-corrected chi connectivity index (χ3v) is 7.03. The molecule has 4 heteroatoms. The van der Waals surface area contributed by atoms with Crippen molar-refractivity contribution in [2.24, 2.45) is 5.41 Å². The molecule has 1 aliphatic carbocycles. The molecular formula is C21H27N3O. The van der Waals surface area contributed by atoms with E-state index in [0.29, 0.717) is 18.1 Å². The Morgan fingerprint density at radius 1 is 1.24 bits per heavy atom. The topological polar surface area (TPSA) is 48.1 Å². The van der Waals surface area contributed by atoms with Crippen LogP contribution in [0.4, 0.5) is 0 Å². The maximum atomic E-state index is 13.5. The molecule has 0 radical (unpaired) electrons. The molecule has 2 aliphatic heterocycles. The summed E-state index contributed by atoms with van der Waals surface area (Å²) in [7, 11) is 0. The van der Waals surface area contributed by atoms with Crippen molar-refractivity contribution < 1.29 is 4.79 Å². The fraction of sp³-hybridized carbons (Fsp3) is 0.571. The van der Waals surface area contributed by atoms with Gasteiger partial charge in [0.25, 0.3) is 5.91 Å². The van der Waals surface area contributed by atoms with Crippen LogP contribution in [0.2, 0.25) is 0 Å². The van der Waals surface area contributed by atoms with Crippen LogP contribution in [0.25, 0.3) is 10.9 Å². The van der Waals surface area contributed by atoms with Crippen molar-refractivity contribution in [3.05, 3.63) is 35.5 Å². The van der Waals surface area contributed by atoms with Crippen LogP contribution in [-0.4, -0.2) is 40.5 Å². The quantitative estimate of drug-likeness (QED) is 0.835. The molecular weight excluding hydrogens is 310 g/mol. The average Bonchev–Trinajstić information content (AvgIpc) is 3.05. The first kappa shape index (κ1) is 15.4. The standard InChI is InChI=1S/C21H27N3O/c1-13-7-8-14-10-17(23-16(14)9-13)20(25)24-15-11-21(2)18(22-12-15)5-3-4-6-19(21)24/h7-10,15,18-19,22-23H,3-6,11-12H2,1-2H3/t15-,18+,19-,21+/m0/s1. The molecule has 2 N–H and O–H groups in total. The highest BCUT2D eigenvalue weighted by molar-refractivity contribution is 5.98. The van der Waals surface area contributed by atoms with E-state index < -0.39 is 0 Å². The fourth-order valence-electron chi connectivity index (χ4n) is 5.76. The first-order chi connectivity index (χ1) is 12.1. The first-order valence-electron chi connectivity index (χ1n) is 9.72. The van der Waals surface area contributed by atoms with Crippen LogP contribution in [0.1, 0.15) is 55.1 Å². The summed E-state index contributed by atoms with van der Waals surface area (Å²) >= 11 is 0. The number of hydrogen-bond donors (Lipinski definition) is 2. The van der Waals surface area contributed by atoms with E-state index in [2.05, 4.69) is 47.2 Å². The second-order valence-corrected chi connectivity index (χ2v) is 8.61. The maximum Gasteiger partial charge on any atom is 0.270 e. The van der Waals surface area contributed by atoms with E-state index in [1.807, 2.05) is 6.07 Å². The van der Waals surface area contributed by atoms with Gasteiger partial charge in [-0.1, -0.05) is 31.9 Å². The van der Waals surface area contributed by atoms with Gasteiger partial charge in [-0.2, -0.15) is 0 Å². The van der Waals surface area contributed by atoms with Crippen LogP contribution < -0.4 is 5.32 Å². The minimum Gasteiger partial charge on any atom is -0.351 e. The summed E-state index contributed by atoms with van der Waals surface area (Å²) in [5.74, 6) is 0.192. The number of aromatic amines is 1. The van der Waals surface area contributed by atoms with Crippen LogP contribution in [0.3, 0.4) is 0 Å². The molecule has 132 valence electrons. The van der Waals surface area contributed by atoms with Crippen LogP contribution >= 0.6 is 0 Å².